The van der Waals surface area contributed by atoms with Crippen LogP contribution in [0.5, 0.6) is 17.2 Å². The summed E-state index contributed by atoms with van der Waals surface area (Å²) in [7, 11) is 4.70. The van der Waals surface area contributed by atoms with Gasteiger partial charge in [0, 0.05) is 16.9 Å². The monoisotopic (exact) mass is 456 g/mol. The fourth-order valence-corrected chi connectivity index (χ4v) is 6.05. The second-order valence-electron chi connectivity index (χ2n) is 8.34. The van der Waals surface area contributed by atoms with Crippen molar-refractivity contribution < 1.29 is 23.8 Å². The van der Waals surface area contributed by atoms with Crippen LogP contribution in [-0.2, 0) is 11.2 Å². The number of amides is 2. The van der Waals surface area contributed by atoms with Crippen LogP contribution < -0.4 is 19.5 Å². The number of carbonyl (C=O) groups is 2. The van der Waals surface area contributed by atoms with E-state index in [1.807, 2.05) is 50.2 Å². The summed E-state index contributed by atoms with van der Waals surface area (Å²) in [5, 5.41) is 2.80. The molecule has 2 atom stereocenters. The number of hydrogen-bond donors (Lipinski definition) is 1. The van der Waals surface area contributed by atoms with E-state index in [1.54, 1.807) is 30.9 Å². The lowest BCUT2D eigenvalue weighted by Gasteiger charge is -2.29. The minimum atomic E-state index is -0.594. The number of ether oxygens (including phenoxy) is 3. The zero-order valence-corrected chi connectivity index (χ0v) is 19.7. The molecule has 1 fully saturated rings. The molecular formula is C24H28N2O5S. The molecule has 1 N–H and O–H groups in total. The molecule has 4 rings (SSSR count). The molecule has 0 radical (unpaired) electrons. The Kier molecular flexibility index (Phi) is 5.99. The summed E-state index contributed by atoms with van der Waals surface area (Å²) in [6.07, 6.45) is 0.693. The van der Waals surface area contributed by atoms with Crippen molar-refractivity contribution in [3.63, 3.8) is 0 Å². The van der Waals surface area contributed by atoms with Gasteiger partial charge < -0.3 is 24.4 Å². The number of nitrogens with one attached hydrogen (secondary N) is 1. The van der Waals surface area contributed by atoms with E-state index in [0.717, 1.165) is 16.9 Å². The predicted molar refractivity (Wildman–Crippen MR) is 124 cm³/mol. The molecule has 170 valence electrons. The summed E-state index contributed by atoms with van der Waals surface area (Å²) in [5.41, 5.74) is 2.45. The van der Waals surface area contributed by atoms with E-state index in [9.17, 15) is 9.59 Å². The summed E-state index contributed by atoms with van der Waals surface area (Å²) in [4.78, 5) is 28.4. The molecule has 0 saturated carbocycles. The number of nitrogens with zero attached hydrogens (tertiary/aromatic N) is 1. The molecule has 2 heterocycles. The zero-order valence-electron chi connectivity index (χ0n) is 18.9. The molecule has 0 unspecified atom stereocenters. The average molecular weight is 457 g/mol. The van der Waals surface area contributed by atoms with Crippen molar-refractivity contribution >= 4 is 23.6 Å². The highest BCUT2D eigenvalue weighted by atomic mass is 32.2. The minimum absolute atomic E-state index is 0.148. The first-order valence-electron chi connectivity index (χ1n) is 10.5. The molecule has 2 aromatic rings. The van der Waals surface area contributed by atoms with Gasteiger partial charge in [-0.2, -0.15) is 0 Å². The highest BCUT2D eigenvalue weighted by Crippen LogP contribution is 2.58. The van der Waals surface area contributed by atoms with Gasteiger partial charge in [0.25, 0.3) is 5.91 Å². The van der Waals surface area contributed by atoms with E-state index < -0.39 is 10.8 Å². The van der Waals surface area contributed by atoms with Crippen LogP contribution in [0.2, 0.25) is 0 Å². The first-order chi connectivity index (χ1) is 15.3. The second kappa shape index (κ2) is 8.58. The zero-order chi connectivity index (χ0) is 23.0. The van der Waals surface area contributed by atoms with Crippen molar-refractivity contribution in [3.05, 3.63) is 53.1 Å². The maximum atomic E-state index is 13.5. The number of thioether (sulfide) groups is 1. The lowest BCUT2D eigenvalue weighted by atomic mass is 10.0. The number of benzene rings is 2. The summed E-state index contributed by atoms with van der Waals surface area (Å²) < 4.78 is 15.6. The van der Waals surface area contributed by atoms with Crippen LogP contribution in [0.3, 0.4) is 0 Å². The van der Waals surface area contributed by atoms with Crippen LogP contribution in [0, 0.1) is 0 Å². The SMILES string of the molecule is COc1ccc(CCNC(=O)[C@H]2N3C(=O)c4c(ccc(OC)c4OC)[C@H]3SC2(C)C)cc1. The lowest BCUT2D eigenvalue weighted by Crippen LogP contribution is -2.52. The molecule has 8 heteroatoms. The van der Waals surface area contributed by atoms with Crippen molar-refractivity contribution in [2.45, 2.75) is 36.4 Å². The van der Waals surface area contributed by atoms with Gasteiger partial charge in [-0.3, -0.25) is 9.59 Å². The highest BCUT2D eigenvalue weighted by molar-refractivity contribution is 8.01. The van der Waals surface area contributed by atoms with Gasteiger partial charge in [0.1, 0.15) is 17.2 Å². The topological polar surface area (TPSA) is 77.1 Å². The average Bonchev–Trinajstić information content (AvgIpc) is 3.22. The minimum Gasteiger partial charge on any atom is -0.497 e. The van der Waals surface area contributed by atoms with Gasteiger partial charge in [-0.05, 0) is 44.0 Å². The lowest BCUT2D eigenvalue weighted by molar-refractivity contribution is -0.126. The van der Waals surface area contributed by atoms with Gasteiger partial charge in [0.15, 0.2) is 11.5 Å². The van der Waals surface area contributed by atoms with Gasteiger partial charge in [-0.1, -0.05) is 18.2 Å². The van der Waals surface area contributed by atoms with E-state index in [2.05, 4.69) is 5.32 Å². The first-order valence-corrected chi connectivity index (χ1v) is 11.4. The number of carbonyl (C=O) groups excluding carboxylic acids is 2. The van der Waals surface area contributed by atoms with Gasteiger partial charge in [-0.15, -0.1) is 11.8 Å². The molecule has 7 nitrogen and oxygen atoms in total. The van der Waals surface area contributed by atoms with Gasteiger partial charge in [0.05, 0.1) is 26.9 Å². The fourth-order valence-electron chi connectivity index (χ4n) is 4.47. The van der Waals surface area contributed by atoms with Crippen LogP contribution in [0.25, 0.3) is 0 Å². The third-order valence-corrected chi connectivity index (χ3v) is 7.55. The van der Waals surface area contributed by atoms with E-state index in [1.165, 1.54) is 7.11 Å². The quantitative estimate of drug-likeness (QED) is 0.688. The summed E-state index contributed by atoms with van der Waals surface area (Å²) in [6, 6.07) is 10.9. The summed E-state index contributed by atoms with van der Waals surface area (Å²) in [5.74, 6) is 1.37. The molecule has 2 amide bonds. The van der Waals surface area contributed by atoms with Crippen LogP contribution in [-0.4, -0.2) is 55.4 Å². The Morgan fingerprint density at radius 2 is 1.78 bits per heavy atom. The number of methoxy groups -OCH3 is 3. The van der Waals surface area contributed by atoms with E-state index >= 15 is 0 Å². The van der Waals surface area contributed by atoms with Crippen molar-refractivity contribution in [2.75, 3.05) is 27.9 Å². The van der Waals surface area contributed by atoms with Gasteiger partial charge in [-0.25, -0.2) is 0 Å². The van der Waals surface area contributed by atoms with Crippen molar-refractivity contribution in [2.24, 2.45) is 0 Å². The Morgan fingerprint density at radius 3 is 2.41 bits per heavy atom. The van der Waals surface area contributed by atoms with Crippen molar-refractivity contribution in [1.29, 1.82) is 0 Å². The Morgan fingerprint density at radius 1 is 1.06 bits per heavy atom. The molecule has 2 aliphatic rings. The standard InChI is InChI=1S/C24H28N2O5S/c1-24(2)20(21(27)25-13-12-14-6-8-15(29-3)9-7-14)26-22(28)18-16(23(26)32-24)10-11-17(30-4)19(18)31-5/h6-11,20,23H,12-13H2,1-5H3,(H,25,27)/t20-,23-/m1/s1. The Balaban J connectivity index is 1.52. The summed E-state index contributed by atoms with van der Waals surface area (Å²) >= 11 is 1.62. The molecule has 32 heavy (non-hydrogen) atoms. The third kappa shape index (κ3) is 3.66. The molecule has 0 aliphatic carbocycles. The van der Waals surface area contributed by atoms with Gasteiger partial charge in [0.2, 0.25) is 5.91 Å². The second-order valence-corrected chi connectivity index (χ2v) is 10.1. The molecule has 0 aromatic heterocycles. The molecule has 2 aromatic carbocycles. The first kappa shape index (κ1) is 22.3. The normalized spacial score (nSPS) is 20.5. The Bertz CT molecular complexity index is 1040. The predicted octanol–water partition coefficient (Wildman–Crippen LogP) is 3.42. The third-order valence-electron chi connectivity index (χ3n) is 6.02. The number of fused-ring (bicyclic) bond motifs is 3. The molecule has 1 saturated heterocycles. The maximum absolute atomic E-state index is 13.5. The van der Waals surface area contributed by atoms with Crippen molar-refractivity contribution in [1.82, 2.24) is 10.2 Å². The van der Waals surface area contributed by atoms with Crippen LogP contribution in [0.15, 0.2) is 36.4 Å². The number of rotatable bonds is 7. The van der Waals surface area contributed by atoms with E-state index in [-0.39, 0.29) is 17.2 Å². The number of hydrogen-bond acceptors (Lipinski definition) is 6. The molecule has 2 aliphatic heterocycles. The van der Waals surface area contributed by atoms with Crippen LogP contribution in [0.1, 0.15) is 40.7 Å². The Labute approximate surface area is 192 Å². The Hall–Kier alpha value is -2.87. The van der Waals surface area contributed by atoms with E-state index in [4.69, 9.17) is 14.2 Å². The maximum Gasteiger partial charge on any atom is 0.260 e. The van der Waals surface area contributed by atoms with Crippen LogP contribution >= 0.6 is 11.8 Å². The van der Waals surface area contributed by atoms with Crippen molar-refractivity contribution in [3.8, 4) is 17.2 Å². The van der Waals surface area contributed by atoms with Gasteiger partial charge >= 0.3 is 0 Å². The molecule has 0 bridgehead atoms. The summed E-state index contributed by atoms with van der Waals surface area (Å²) in [6.45, 7) is 4.51. The largest absolute Gasteiger partial charge is 0.497 e. The molecule has 0 spiro atoms. The smallest absolute Gasteiger partial charge is 0.260 e. The van der Waals surface area contributed by atoms with Crippen LogP contribution in [0.4, 0.5) is 0 Å². The van der Waals surface area contributed by atoms with E-state index in [0.29, 0.717) is 30.0 Å². The highest BCUT2D eigenvalue weighted by Gasteiger charge is 2.58. The fraction of sp³-hybridized carbons (Fsp3) is 0.417. The molecular weight excluding hydrogens is 428 g/mol.